The number of nitrogens with one attached hydrogen (secondary N) is 2. The Bertz CT molecular complexity index is 1400. The van der Waals surface area contributed by atoms with Crippen LogP contribution in [0.2, 0.25) is 0 Å². The summed E-state index contributed by atoms with van der Waals surface area (Å²) < 4.78 is 29.6. The number of carbonyl (C=O) groups excluding carboxylic acids is 1. The van der Waals surface area contributed by atoms with Gasteiger partial charge in [0.15, 0.2) is 0 Å². The third-order valence-corrected chi connectivity index (χ3v) is 5.92. The lowest BCUT2D eigenvalue weighted by Crippen LogP contribution is -2.16. The third-order valence-electron chi connectivity index (χ3n) is 4.85. The molecule has 0 unspecified atom stereocenters. The number of rotatable bonds is 5. The molecule has 5 N–H and O–H groups in total. The van der Waals surface area contributed by atoms with Crippen molar-refractivity contribution in [3.05, 3.63) is 75.7 Å². The molecule has 7 nitrogen and oxygen atoms in total. The molecule has 0 radical (unpaired) electrons. The largest absolute Gasteiger partial charge is 0.386 e. The SMILES string of the molecule is CC(C)(O)c1cc(F)c(-c2cc(C(N)=O)c(Nc3ccc4cc[nH]c(=O)c4n3)s2)c(F)c1. The van der Waals surface area contributed by atoms with Crippen LogP contribution < -0.4 is 16.6 Å². The van der Waals surface area contributed by atoms with Crippen LogP contribution in [0.5, 0.6) is 0 Å². The number of primary amides is 1. The number of hydrogen-bond donors (Lipinski definition) is 4. The summed E-state index contributed by atoms with van der Waals surface area (Å²) in [7, 11) is 0. The van der Waals surface area contributed by atoms with Crippen LogP contribution in [0.15, 0.2) is 47.4 Å². The highest BCUT2D eigenvalue weighted by molar-refractivity contribution is 7.20. The summed E-state index contributed by atoms with van der Waals surface area (Å²) in [6.45, 7) is 2.84. The molecule has 10 heteroatoms. The van der Waals surface area contributed by atoms with Crippen molar-refractivity contribution in [3.63, 3.8) is 0 Å². The number of amides is 1. The van der Waals surface area contributed by atoms with Gasteiger partial charge in [-0.3, -0.25) is 9.59 Å². The number of aromatic amines is 1. The van der Waals surface area contributed by atoms with Crippen molar-refractivity contribution in [3.8, 4) is 10.4 Å². The minimum atomic E-state index is -1.43. The Hall–Kier alpha value is -3.63. The zero-order valence-electron chi connectivity index (χ0n) is 17.0. The fraction of sp³-hybridized carbons (Fsp3) is 0.136. The van der Waals surface area contributed by atoms with Gasteiger partial charge < -0.3 is 21.1 Å². The molecule has 1 aromatic carbocycles. The van der Waals surface area contributed by atoms with Crippen LogP contribution in [-0.2, 0) is 5.60 Å². The van der Waals surface area contributed by atoms with Crippen LogP contribution in [-0.4, -0.2) is 21.0 Å². The maximum absolute atomic E-state index is 14.8. The second kappa shape index (κ2) is 7.81. The zero-order valence-corrected chi connectivity index (χ0v) is 17.8. The van der Waals surface area contributed by atoms with E-state index in [-0.39, 0.29) is 43.5 Å². The van der Waals surface area contributed by atoms with Crippen molar-refractivity contribution in [1.82, 2.24) is 9.97 Å². The molecule has 0 aliphatic heterocycles. The van der Waals surface area contributed by atoms with Crippen LogP contribution in [0.1, 0.15) is 29.8 Å². The van der Waals surface area contributed by atoms with Crippen molar-refractivity contribution < 1.29 is 18.7 Å². The number of aromatic nitrogens is 2. The number of fused-ring (bicyclic) bond motifs is 1. The van der Waals surface area contributed by atoms with E-state index in [1.54, 1.807) is 18.2 Å². The van der Waals surface area contributed by atoms with Gasteiger partial charge in [0.25, 0.3) is 11.5 Å². The highest BCUT2D eigenvalue weighted by Crippen LogP contribution is 2.40. The van der Waals surface area contributed by atoms with Gasteiger partial charge in [0.1, 0.15) is 28.0 Å². The molecule has 0 saturated heterocycles. The molecule has 0 fully saturated rings. The molecular formula is C22H18F2N4O3S. The number of hydrogen-bond acceptors (Lipinski definition) is 6. The lowest BCUT2D eigenvalue weighted by molar-refractivity contribution is 0.0778. The molecule has 0 atom stereocenters. The van der Waals surface area contributed by atoms with Crippen molar-refractivity contribution >= 4 is 39.0 Å². The van der Waals surface area contributed by atoms with E-state index >= 15 is 0 Å². The number of halogens is 2. The summed E-state index contributed by atoms with van der Waals surface area (Å²) in [4.78, 5) is 30.9. The Morgan fingerprint density at radius 1 is 1.19 bits per heavy atom. The quantitative estimate of drug-likeness (QED) is 0.362. The molecule has 4 aromatic rings. The molecule has 0 bridgehead atoms. The number of benzene rings is 1. The Labute approximate surface area is 184 Å². The van der Waals surface area contributed by atoms with E-state index in [1.807, 2.05) is 0 Å². The molecule has 0 aliphatic rings. The van der Waals surface area contributed by atoms with E-state index in [9.17, 15) is 23.5 Å². The van der Waals surface area contributed by atoms with Gasteiger partial charge in [-0.05, 0) is 55.8 Å². The Morgan fingerprint density at radius 3 is 2.50 bits per heavy atom. The second-order valence-corrected chi connectivity index (χ2v) is 8.71. The zero-order chi connectivity index (χ0) is 23.2. The highest BCUT2D eigenvalue weighted by atomic mass is 32.1. The lowest BCUT2D eigenvalue weighted by Gasteiger charge is -2.18. The number of pyridine rings is 2. The number of carbonyl (C=O) groups is 1. The number of thiophene rings is 1. The predicted octanol–water partition coefficient (Wildman–Crippen LogP) is 4.00. The summed E-state index contributed by atoms with van der Waals surface area (Å²) in [6.07, 6.45) is 1.50. The molecule has 0 spiro atoms. The molecule has 0 saturated carbocycles. The summed E-state index contributed by atoms with van der Waals surface area (Å²) in [6, 6.07) is 8.35. The van der Waals surface area contributed by atoms with Gasteiger partial charge >= 0.3 is 0 Å². The number of nitrogens with two attached hydrogens (primary N) is 1. The molecule has 1 amide bonds. The van der Waals surface area contributed by atoms with Crippen molar-refractivity contribution in [1.29, 1.82) is 0 Å². The highest BCUT2D eigenvalue weighted by Gasteiger charge is 2.24. The van der Waals surface area contributed by atoms with Gasteiger partial charge in [-0.2, -0.15) is 0 Å². The second-order valence-electron chi connectivity index (χ2n) is 7.66. The fourth-order valence-electron chi connectivity index (χ4n) is 3.20. The van der Waals surface area contributed by atoms with E-state index in [0.29, 0.717) is 5.39 Å². The predicted molar refractivity (Wildman–Crippen MR) is 119 cm³/mol. The van der Waals surface area contributed by atoms with E-state index in [0.717, 1.165) is 23.5 Å². The van der Waals surface area contributed by atoms with E-state index in [4.69, 9.17) is 5.73 Å². The van der Waals surface area contributed by atoms with E-state index < -0.39 is 23.1 Å². The minimum absolute atomic E-state index is 0.0132. The Kier molecular flexibility index (Phi) is 5.27. The normalized spacial score (nSPS) is 11.7. The van der Waals surface area contributed by atoms with Crippen LogP contribution in [0.25, 0.3) is 21.3 Å². The molecular weight excluding hydrogens is 438 g/mol. The third kappa shape index (κ3) is 3.97. The Balaban J connectivity index is 1.78. The topological polar surface area (TPSA) is 121 Å². The van der Waals surface area contributed by atoms with E-state index in [1.165, 1.54) is 26.1 Å². The number of aliphatic hydroxyl groups is 1. The van der Waals surface area contributed by atoms with Gasteiger partial charge in [-0.25, -0.2) is 13.8 Å². The number of H-pyrrole nitrogens is 1. The van der Waals surface area contributed by atoms with Gasteiger partial charge in [0.2, 0.25) is 0 Å². The molecule has 0 aliphatic carbocycles. The summed E-state index contributed by atoms with van der Waals surface area (Å²) in [5.74, 6) is -2.33. The standard InChI is InChI=1S/C22H18F2N4O3S/c1-22(2,31)11-7-13(23)17(14(24)8-11)15-9-12(19(25)29)21(32-15)28-16-4-3-10-5-6-26-20(30)18(10)27-16/h3-9,31H,1-2H3,(H2,25,29)(H,26,30)(H,27,28). The lowest BCUT2D eigenvalue weighted by atomic mass is 9.96. The molecule has 164 valence electrons. The first kappa shape index (κ1) is 21.6. The Morgan fingerprint density at radius 2 is 1.88 bits per heavy atom. The molecule has 3 aromatic heterocycles. The van der Waals surface area contributed by atoms with Gasteiger partial charge in [-0.1, -0.05) is 0 Å². The first-order valence-electron chi connectivity index (χ1n) is 9.46. The van der Waals surface area contributed by atoms with Crippen LogP contribution >= 0.6 is 11.3 Å². The van der Waals surface area contributed by atoms with Gasteiger partial charge in [0, 0.05) is 16.5 Å². The van der Waals surface area contributed by atoms with Crippen LogP contribution in [0.4, 0.5) is 19.6 Å². The van der Waals surface area contributed by atoms with Crippen molar-refractivity contribution in [2.24, 2.45) is 5.73 Å². The van der Waals surface area contributed by atoms with Crippen molar-refractivity contribution in [2.75, 3.05) is 5.32 Å². The number of anilines is 2. The van der Waals surface area contributed by atoms with E-state index in [2.05, 4.69) is 15.3 Å². The van der Waals surface area contributed by atoms with Gasteiger partial charge in [-0.15, -0.1) is 11.3 Å². The summed E-state index contributed by atoms with van der Waals surface area (Å²) in [5.41, 5.74) is 3.58. The first-order valence-corrected chi connectivity index (χ1v) is 10.3. The minimum Gasteiger partial charge on any atom is -0.386 e. The first-order chi connectivity index (χ1) is 15.0. The molecule has 32 heavy (non-hydrogen) atoms. The average molecular weight is 456 g/mol. The number of nitrogens with zero attached hydrogens (tertiary/aromatic N) is 1. The maximum Gasteiger partial charge on any atom is 0.274 e. The smallest absolute Gasteiger partial charge is 0.274 e. The fourth-order valence-corrected chi connectivity index (χ4v) is 4.32. The average Bonchev–Trinajstić information content (AvgIpc) is 3.11. The van der Waals surface area contributed by atoms with Gasteiger partial charge in [0.05, 0.1) is 16.7 Å². The monoisotopic (exact) mass is 456 g/mol. The molecule has 4 rings (SSSR count). The van der Waals surface area contributed by atoms with Crippen LogP contribution in [0, 0.1) is 11.6 Å². The van der Waals surface area contributed by atoms with Crippen molar-refractivity contribution in [2.45, 2.75) is 19.4 Å². The molecule has 3 heterocycles. The summed E-state index contributed by atoms with van der Waals surface area (Å²) >= 11 is 0.907. The maximum atomic E-state index is 14.8. The van der Waals surface area contributed by atoms with Crippen LogP contribution in [0.3, 0.4) is 0 Å². The summed E-state index contributed by atoms with van der Waals surface area (Å²) in [5, 5.41) is 13.8.